The second-order valence-corrected chi connectivity index (χ2v) is 8.34. The minimum absolute atomic E-state index is 0.0364. The molecule has 0 spiro atoms. The van der Waals surface area contributed by atoms with Crippen molar-refractivity contribution in [3.63, 3.8) is 0 Å². The van der Waals surface area contributed by atoms with Crippen molar-refractivity contribution in [2.24, 2.45) is 5.92 Å². The molecule has 0 aromatic heterocycles. The predicted octanol–water partition coefficient (Wildman–Crippen LogP) is 1.30. The number of carbonyl (C=O) groups is 1. The second kappa shape index (κ2) is 8.48. The van der Waals surface area contributed by atoms with Gasteiger partial charge in [-0.05, 0) is 31.4 Å². The molecule has 0 unspecified atom stereocenters. The van der Waals surface area contributed by atoms with Gasteiger partial charge in [-0.2, -0.15) is 0 Å². The molecule has 0 saturated carbocycles. The van der Waals surface area contributed by atoms with Gasteiger partial charge in [0.1, 0.15) is 0 Å². The van der Waals surface area contributed by atoms with Gasteiger partial charge in [0.2, 0.25) is 15.9 Å². The number of sulfonamides is 1. The SMILES string of the molecule is CN(CCCNC(=O)[C@@H]1CCCN(S(C)(=O)=O)C1)c1ccccc1. The Morgan fingerprint density at radius 1 is 1.33 bits per heavy atom. The average molecular weight is 353 g/mol. The topological polar surface area (TPSA) is 69.7 Å². The highest BCUT2D eigenvalue weighted by Crippen LogP contribution is 2.18. The molecule has 0 radical (unpaired) electrons. The molecule has 1 aliphatic rings. The van der Waals surface area contributed by atoms with Crippen LogP contribution < -0.4 is 10.2 Å². The summed E-state index contributed by atoms with van der Waals surface area (Å²) in [6.45, 7) is 2.27. The van der Waals surface area contributed by atoms with E-state index in [1.165, 1.54) is 10.6 Å². The molecule has 24 heavy (non-hydrogen) atoms. The lowest BCUT2D eigenvalue weighted by atomic mass is 9.99. The molecule has 0 aliphatic carbocycles. The maximum absolute atomic E-state index is 12.2. The van der Waals surface area contributed by atoms with Gasteiger partial charge in [0.25, 0.3) is 0 Å². The molecule has 1 heterocycles. The van der Waals surface area contributed by atoms with E-state index >= 15 is 0 Å². The molecule has 1 saturated heterocycles. The average Bonchev–Trinajstić information content (AvgIpc) is 2.58. The zero-order chi connectivity index (χ0) is 17.6. The lowest BCUT2D eigenvalue weighted by Gasteiger charge is -2.30. The van der Waals surface area contributed by atoms with Gasteiger partial charge in [0, 0.05) is 38.9 Å². The van der Waals surface area contributed by atoms with Crippen LogP contribution in [0.15, 0.2) is 30.3 Å². The van der Waals surface area contributed by atoms with Crippen LogP contribution in [0.4, 0.5) is 5.69 Å². The fourth-order valence-electron chi connectivity index (χ4n) is 2.94. The molecular formula is C17H27N3O3S. The molecule has 6 nitrogen and oxygen atoms in total. The third-order valence-corrected chi connectivity index (χ3v) is 5.66. The zero-order valence-corrected chi connectivity index (χ0v) is 15.3. The summed E-state index contributed by atoms with van der Waals surface area (Å²) < 4.78 is 24.6. The number of hydrogen-bond acceptors (Lipinski definition) is 4. The Hall–Kier alpha value is -1.60. The zero-order valence-electron chi connectivity index (χ0n) is 14.4. The van der Waals surface area contributed by atoms with Gasteiger partial charge in [-0.25, -0.2) is 12.7 Å². The van der Waals surface area contributed by atoms with Crippen LogP contribution in [-0.2, 0) is 14.8 Å². The standard InChI is InChI=1S/C17H27N3O3S/c1-19(16-9-4-3-5-10-16)12-7-11-18-17(21)15-8-6-13-20(14-15)24(2,22)23/h3-5,9-10,15H,6-8,11-14H2,1-2H3,(H,18,21)/t15-/m1/s1. The highest BCUT2D eigenvalue weighted by atomic mass is 32.2. The van der Waals surface area contributed by atoms with Crippen molar-refractivity contribution in [2.75, 3.05) is 44.4 Å². The summed E-state index contributed by atoms with van der Waals surface area (Å²) in [6, 6.07) is 10.1. The van der Waals surface area contributed by atoms with E-state index in [1.54, 1.807) is 0 Å². The molecule has 1 N–H and O–H groups in total. The number of rotatable bonds is 7. The van der Waals surface area contributed by atoms with Crippen molar-refractivity contribution in [3.8, 4) is 0 Å². The van der Waals surface area contributed by atoms with Crippen LogP contribution in [0.2, 0.25) is 0 Å². The van der Waals surface area contributed by atoms with Crippen molar-refractivity contribution in [1.82, 2.24) is 9.62 Å². The fraction of sp³-hybridized carbons (Fsp3) is 0.588. The molecule has 1 atom stereocenters. The highest BCUT2D eigenvalue weighted by molar-refractivity contribution is 7.88. The van der Waals surface area contributed by atoms with E-state index in [2.05, 4.69) is 22.3 Å². The first-order chi connectivity index (χ1) is 11.4. The summed E-state index contributed by atoms with van der Waals surface area (Å²) in [6.07, 6.45) is 3.54. The van der Waals surface area contributed by atoms with Crippen LogP contribution in [0.1, 0.15) is 19.3 Å². The maximum Gasteiger partial charge on any atom is 0.224 e. The summed E-state index contributed by atoms with van der Waals surface area (Å²) in [5.41, 5.74) is 1.15. The van der Waals surface area contributed by atoms with E-state index in [9.17, 15) is 13.2 Å². The van der Waals surface area contributed by atoms with Crippen molar-refractivity contribution >= 4 is 21.6 Å². The van der Waals surface area contributed by atoms with Gasteiger partial charge in [-0.1, -0.05) is 18.2 Å². The Morgan fingerprint density at radius 2 is 2.04 bits per heavy atom. The molecule has 7 heteroatoms. The maximum atomic E-state index is 12.2. The number of nitrogens with one attached hydrogen (secondary N) is 1. The summed E-state index contributed by atoms with van der Waals surface area (Å²) in [5, 5.41) is 2.94. The van der Waals surface area contributed by atoms with Crippen LogP contribution in [0, 0.1) is 5.92 Å². The van der Waals surface area contributed by atoms with E-state index in [0.29, 0.717) is 19.6 Å². The molecule has 1 aromatic carbocycles. The summed E-state index contributed by atoms with van der Waals surface area (Å²) in [5.74, 6) is -0.272. The Morgan fingerprint density at radius 3 is 2.71 bits per heavy atom. The van der Waals surface area contributed by atoms with E-state index in [1.807, 2.05) is 25.2 Å². The molecule has 1 amide bonds. The summed E-state index contributed by atoms with van der Waals surface area (Å²) in [4.78, 5) is 14.4. The Labute approximate surface area is 144 Å². The predicted molar refractivity (Wildman–Crippen MR) is 96.5 cm³/mol. The Bertz CT molecular complexity index is 634. The first-order valence-corrected chi connectivity index (χ1v) is 10.2. The summed E-state index contributed by atoms with van der Waals surface area (Å²) in [7, 11) is -1.18. The first kappa shape index (κ1) is 18.7. The quantitative estimate of drug-likeness (QED) is 0.750. The third kappa shape index (κ3) is 5.49. The van der Waals surface area contributed by atoms with Crippen molar-refractivity contribution in [1.29, 1.82) is 0 Å². The van der Waals surface area contributed by atoms with E-state index in [4.69, 9.17) is 0 Å². The third-order valence-electron chi connectivity index (χ3n) is 4.39. The van der Waals surface area contributed by atoms with Gasteiger partial charge in [-0.15, -0.1) is 0 Å². The number of para-hydroxylation sites is 1. The van der Waals surface area contributed by atoms with E-state index in [-0.39, 0.29) is 11.8 Å². The number of hydrogen-bond donors (Lipinski definition) is 1. The number of carbonyl (C=O) groups excluding carboxylic acids is 1. The second-order valence-electron chi connectivity index (χ2n) is 6.36. The van der Waals surface area contributed by atoms with Crippen molar-refractivity contribution in [3.05, 3.63) is 30.3 Å². The molecular weight excluding hydrogens is 326 g/mol. The molecule has 1 aliphatic heterocycles. The normalized spacial score (nSPS) is 19.0. The first-order valence-electron chi connectivity index (χ1n) is 8.37. The van der Waals surface area contributed by atoms with Gasteiger partial charge < -0.3 is 10.2 Å². The van der Waals surface area contributed by atoms with Crippen molar-refractivity contribution in [2.45, 2.75) is 19.3 Å². The highest BCUT2D eigenvalue weighted by Gasteiger charge is 2.29. The number of amides is 1. The van der Waals surface area contributed by atoms with Crippen LogP contribution in [-0.4, -0.2) is 58.1 Å². The van der Waals surface area contributed by atoms with Gasteiger partial charge in [-0.3, -0.25) is 4.79 Å². The van der Waals surface area contributed by atoms with Crippen molar-refractivity contribution < 1.29 is 13.2 Å². The molecule has 134 valence electrons. The lowest BCUT2D eigenvalue weighted by molar-refractivity contribution is -0.126. The number of piperidine rings is 1. The molecule has 0 bridgehead atoms. The smallest absolute Gasteiger partial charge is 0.224 e. The lowest BCUT2D eigenvalue weighted by Crippen LogP contribution is -2.45. The van der Waals surface area contributed by atoms with Gasteiger partial charge in [0.05, 0.1) is 12.2 Å². The van der Waals surface area contributed by atoms with Crippen LogP contribution in [0.3, 0.4) is 0 Å². The minimum Gasteiger partial charge on any atom is -0.375 e. The molecule has 1 aromatic rings. The van der Waals surface area contributed by atoms with Gasteiger partial charge >= 0.3 is 0 Å². The Balaban J connectivity index is 1.71. The molecule has 2 rings (SSSR count). The summed E-state index contributed by atoms with van der Waals surface area (Å²) >= 11 is 0. The monoisotopic (exact) mass is 353 g/mol. The number of nitrogens with zero attached hydrogens (tertiary/aromatic N) is 2. The minimum atomic E-state index is -3.21. The number of benzene rings is 1. The molecule has 1 fully saturated rings. The van der Waals surface area contributed by atoms with Gasteiger partial charge in [0.15, 0.2) is 0 Å². The van der Waals surface area contributed by atoms with Crippen LogP contribution in [0.5, 0.6) is 0 Å². The Kier molecular flexibility index (Phi) is 6.62. The van der Waals surface area contributed by atoms with Crippen LogP contribution in [0.25, 0.3) is 0 Å². The van der Waals surface area contributed by atoms with Crippen LogP contribution >= 0.6 is 0 Å². The van der Waals surface area contributed by atoms with E-state index in [0.717, 1.165) is 31.5 Å². The number of anilines is 1. The largest absolute Gasteiger partial charge is 0.375 e. The fourth-order valence-corrected chi connectivity index (χ4v) is 3.85. The van der Waals surface area contributed by atoms with E-state index < -0.39 is 10.0 Å².